The van der Waals surface area contributed by atoms with Gasteiger partial charge in [-0.1, -0.05) is 55.1 Å². The van der Waals surface area contributed by atoms with Gasteiger partial charge in [-0.05, 0) is 37.0 Å². The predicted octanol–water partition coefficient (Wildman–Crippen LogP) is 4.56. The Labute approximate surface area is 175 Å². The fraction of sp³-hybridized carbons (Fsp3) is 0.348. The van der Waals surface area contributed by atoms with Crippen molar-refractivity contribution in [2.24, 2.45) is 5.92 Å². The van der Waals surface area contributed by atoms with Crippen molar-refractivity contribution in [3.63, 3.8) is 0 Å². The zero-order valence-electron chi connectivity index (χ0n) is 16.6. The van der Waals surface area contributed by atoms with Crippen LogP contribution < -0.4 is 4.74 Å². The maximum absolute atomic E-state index is 12.7. The van der Waals surface area contributed by atoms with Gasteiger partial charge in [0.05, 0.1) is 11.3 Å². The van der Waals surface area contributed by atoms with Gasteiger partial charge in [-0.3, -0.25) is 4.79 Å². The molecule has 1 fully saturated rings. The van der Waals surface area contributed by atoms with E-state index in [0.717, 1.165) is 41.2 Å². The van der Waals surface area contributed by atoms with E-state index in [1.54, 1.807) is 0 Å². The van der Waals surface area contributed by atoms with Crippen molar-refractivity contribution in [1.29, 1.82) is 0 Å². The highest BCUT2D eigenvalue weighted by Crippen LogP contribution is 2.26. The van der Waals surface area contributed by atoms with Gasteiger partial charge in [-0.2, -0.15) is 0 Å². The third-order valence-electron chi connectivity index (χ3n) is 5.07. The number of ether oxygens (including phenoxy) is 1. The largest absolute Gasteiger partial charge is 0.486 e. The average molecular weight is 408 g/mol. The zero-order chi connectivity index (χ0) is 20.1. The van der Waals surface area contributed by atoms with Crippen LogP contribution in [0.5, 0.6) is 5.75 Å². The topological polar surface area (TPSA) is 55.3 Å². The smallest absolute Gasteiger partial charge is 0.232 e. The summed E-state index contributed by atoms with van der Waals surface area (Å²) >= 11 is 1.49. The summed E-state index contributed by atoms with van der Waals surface area (Å²) in [6.45, 7) is 4.23. The molecule has 0 aliphatic carbocycles. The number of hydrogen-bond acceptors (Lipinski definition) is 5. The standard InChI is InChI=1S/C23H25N3O2S/c1-17-8-7-13-26(14-17)22(27)16-29-23-19-11-5-6-12-20(19)24-21(25-23)15-28-18-9-3-2-4-10-18/h2-6,9-12,17H,7-8,13-16H2,1H3/t17-/m0/s1. The first-order valence-corrected chi connectivity index (χ1v) is 11.0. The Kier molecular flexibility index (Phi) is 6.30. The predicted molar refractivity (Wildman–Crippen MR) is 116 cm³/mol. The summed E-state index contributed by atoms with van der Waals surface area (Å²) in [5, 5.41) is 1.81. The lowest BCUT2D eigenvalue weighted by Gasteiger charge is -2.30. The molecule has 0 spiro atoms. The molecule has 1 aromatic heterocycles. The Morgan fingerprint density at radius 2 is 1.93 bits per heavy atom. The number of piperidine rings is 1. The van der Waals surface area contributed by atoms with E-state index in [-0.39, 0.29) is 5.91 Å². The monoisotopic (exact) mass is 407 g/mol. The minimum Gasteiger partial charge on any atom is -0.486 e. The Balaban J connectivity index is 1.49. The average Bonchev–Trinajstić information content (AvgIpc) is 2.76. The maximum Gasteiger partial charge on any atom is 0.232 e. The van der Waals surface area contributed by atoms with Gasteiger partial charge in [0.1, 0.15) is 17.4 Å². The number of likely N-dealkylation sites (tertiary alicyclic amines) is 1. The van der Waals surface area contributed by atoms with Crippen molar-refractivity contribution in [1.82, 2.24) is 14.9 Å². The molecule has 0 N–H and O–H groups in total. The first-order chi connectivity index (χ1) is 14.2. The fourth-order valence-corrected chi connectivity index (χ4v) is 4.51. The molecule has 5 nitrogen and oxygen atoms in total. The molecule has 0 radical (unpaired) electrons. The van der Waals surface area contributed by atoms with Crippen LogP contribution in [0.4, 0.5) is 0 Å². The maximum atomic E-state index is 12.7. The molecule has 29 heavy (non-hydrogen) atoms. The van der Waals surface area contributed by atoms with E-state index < -0.39 is 0 Å². The van der Waals surface area contributed by atoms with Crippen LogP contribution in [0.3, 0.4) is 0 Å². The molecule has 1 saturated heterocycles. The zero-order valence-corrected chi connectivity index (χ0v) is 17.4. The molecule has 0 unspecified atom stereocenters. The Morgan fingerprint density at radius 3 is 2.76 bits per heavy atom. The molecule has 6 heteroatoms. The highest BCUT2D eigenvalue weighted by molar-refractivity contribution is 8.00. The van der Waals surface area contributed by atoms with Crippen LogP contribution in [-0.2, 0) is 11.4 Å². The minimum atomic E-state index is 0.186. The van der Waals surface area contributed by atoms with Crippen LogP contribution in [-0.4, -0.2) is 39.6 Å². The summed E-state index contributed by atoms with van der Waals surface area (Å²) in [5.74, 6) is 2.57. The Morgan fingerprint density at radius 1 is 1.14 bits per heavy atom. The van der Waals surface area contributed by atoms with E-state index in [9.17, 15) is 4.79 Å². The van der Waals surface area contributed by atoms with E-state index in [2.05, 4.69) is 11.9 Å². The number of thioether (sulfide) groups is 1. The number of nitrogens with zero attached hydrogens (tertiary/aromatic N) is 3. The number of aromatic nitrogens is 2. The van der Waals surface area contributed by atoms with Crippen LogP contribution in [0.25, 0.3) is 10.9 Å². The van der Waals surface area contributed by atoms with Gasteiger partial charge < -0.3 is 9.64 Å². The lowest BCUT2D eigenvalue weighted by molar-refractivity contribution is -0.130. The number of fused-ring (bicyclic) bond motifs is 1. The third-order valence-corrected chi connectivity index (χ3v) is 6.04. The van der Waals surface area contributed by atoms with Crippen molar-refractivity contribution in [3.05, 3.63) is 60.4 Å². The van der Waals surface area contributed by atoms with E-state index in [0.29, 0.717) is 24.1 Å². The Bertz CT molecular complexity index is 980. The van der Waals surface area contributed by atoms with Crippen molar-refractivity contribution < 1.29 is 9.53 Å². The second-order valence-electron chi connectivity index (χ2n) is 7.44. The van der Waals surface area contributed by atoms with Gasteiger partial charge >= 0.3 is 0 Å². The molecule has 1 atom stereocenters. The minimum absolute atomic E-state index is 0.186. The molecule has 2 heterocycles. The molecule has 0 bridgehead atoms. The van der Waals surface area contributed by atoms with E-state index in [1.165, 1.54) is 18.2 Å². The van der Waals surface area contributed by atoms with Crippen LogP contribution in [0, 0.1) is 5.92 Å². The van der Waals surface area contributed by atoms with Gasteiger partial charge in [0.2, 0.25) is 5.91 Å². The Hall–Kier alpha value is -2.60. The van der Waals surface area contributed by atoms with Crippen LogP contribution >= 0.6 is 11.8 Å². The van der Waals surface area contributed by atoms with Crippen molar-refractivity contribution in [2.45, 2.75) is 31.4 Å². The van der Waals surface area contributed by atoms with Gasteiger partial charge in [0.15, 0.2) is 5.82 Å². The summed E-state index contributed by atoms with van der Waals surface area (Å²) in [6.07, 6.45) is 2.30. The molecular formula is C23H25N3O2S. The van der Waals surface area contributed by atoms with E-state index >= 15 is 0 Å². The first kappa shape index (κ1) is 19.7. The lowest BCUT2D eigenvalue weighted by Crippen LogP contribution is -2.40. The van der Waals surface area contributed by atoms with E-state index in [4.69, 9.17) is 9.72 Å². The number of para-hydroxylation sites is 2. The number of carbonyl (C=O) groups is 1. The molecule has 3 aromatic rings. The highest BCUT2D eigenvalue weighted by atomic mass is 32.2. The number of amides is 1. The lowest BCUT2D eigenvalue weighted by atomic mass is 10.0. The van der Waals surface area contributed by atoms with Crippen LogP contribution in [0.2, 0.25) is 0 Å². The summed E-state index contributed by atoms with van der Waals surface area (Å²) < 4.78 is 5.82. The highest BCUT2D eigenvalue weighted by Gasteiger charge is 2.21. The van der Waals surface area contributed by atoms with Crippen LogP contribution in [0.1, 0.15) is 25.6 Å². The fourth-order valence-electron chi connectivity index (χ4n) is 3.57. The van der Waals surface area contributed by atoms with Gasteiger partial charge in [0.25, 0.3) is 0 Å². The molecule has 1 amide bonds. The summed E-state index contributed by atoms with van der Waals surface area (Å²) in [5.41, 5.74) is 0.871. The van der Waals surface area contributed by atoms with Gasteiger partial charge in [-0.15, -0.1) is 0 Å². The summed E-state index contributed by atoms with van der Waals surface area (Å²) in [7, 11) is 0. The molecule has 2 aromatic carbocycles. The second kappa shape index (κ2) is 9.27. The second-order valence-corrected chi connectivity index (χ2v) is 8.40. The molecule has 1 aliphatic heterocycles. The molecule has 4 rings (SSSR count). The molecular weight excluding hydrogens is 382 g/mol. The van der Waals surface area contributed by atoms with Gasteiger partial charge in [-0.25, -0.2) is 9.97 Å². The molecule has 0 saturated carbocycles. The number of hydrogen-bond donors (Lipinski definition) is 0. The third kappa shape index (κ3) is 5.07. The van der Waals surface area contributed by atoms with Crippen molar-refractivity contribution >= 4 is 28.6 Å². The van der Waals surface area contributed by atoms with E-state index in [1.807, 2.05) is 59.5 Å². The van der Waals surface area contributed by atoms with Crippen molar-refractivity contribution in [3.8, 4) is 5.75 Å². The van der Waals surface area contributed by atoms with Gasteiger partial charge in [0, 0.05) is 18.5 Å². The summed E-state index contributed by atoms with van der Waals surface area (Å²) in [4.78, 5) is 24.0. The number of benzene rings is 2. The van der Waals surface area contributed by atoms with Crippen molar-refractivity contribution in [2.75, 3.05) is 18.8 Å². The molecule has 1 aliphatic rings. The number of rotatable bonds is 6. The molecule has 150 valence electrons. The SMILES string of the molecule is C[C@H]1CCCN(C(=O)CSc2nc(COc3ccccc3)nc3ccccc23)C1. The quantitative estimate of drug-likeness (QED) is 0.443. The normalized spacial score (nSPS) is 16.7. The summed E-state index contributed by atoms with van der Waals surface area (Å²) in [6, 6.07) is 17.6. The first-order valence-electron chi connectivity index (χ1n) is 10.0. The van der Waals surface area contributed by atoms with Crippen LogP contribution in [0.15, 0.2) is 59.6 Å². The number of carbonyl (C=O) groups excluding carboxylic acids is 1.